The quantitative estimate of drug-likeness (QED) is 0.490. The number of hydrogen-bond acceptors (Lipinski definition) is 4. The maximum Gasteiger partial charge on any atom is 0.0847 e. The highest BCUT2D eigenvalue weighted by atomic mass is 32.1. The van der Waals surface area contributed by atoms with Crippen molar-refractivity contribution in [1.82, 2.24) is 5.43 Å². The standard InChI is InChI=1S/C14H24N2OS/c1-17-14(8-4-2-3-5-9-14)13(16-15)11-12-7-6-10-18-12/h6-7,10,13,16H,2-5,8-9,11,15H2,1H3. The molecule has 1 aliphatic carbocycles. The topological polar surface area (TPSA) is 47.3 Å². The predicted octanol–water partition coefficient (Wildman–Crippen LogP) is 2.86. The van der Waals surface area contributed by atoms with Gasteiger partial charge in [0.25, 0.3) is 0 Å². The highest BCUT2D eigenvalue weighted by Crippen LogP contribution is 2.34. The molecule has 0 radical (unpaired) electrons. The van der Waals surface area contributed by atoms with Gasteiger partial charge in [-0.1, -0.05) is 31.7 Å². The summed E-state index contributed by atoms with van der Waals surface area (Å²) >= 11 is 1.79. The van der Waals surface area contributed by atoms with Crippen molar-refractivity contribution in [2.75, 3.05) is 7.11 Å². The van der Waals surface area contributed by atoms with Crippen molar-refractivity contribution in [2.45, 2.75) is 56.6 Å². The van der Waals surface area contributed by atoms with E-state index in [-0.39, 0.29) is 11.6 Å². The van der Waals surface area contributed by atoms with Crippen LogP contribution in [0.4, 0.5) is 0 Å². The number of methoxy groups -OCH3 is 1. The Morgan fingerprint density at radius 2 is 2.11 bits per heavy atom. The van der Waals surface area contributed by atoms with Gasteiger partial charge in [0.05, 0.1) is 11.6 Å². The summed E-state index contributed by atoms with van der Waals surface area (Å²) in [6.45, 7) is 0. The van der Waals surface area contributed by atoms with Crippen LogP contribution in [0.3, 0.4) is 0 Å². The summed E-state index contributed by atoms with van der Waals surface area (Å²) in [5.74, 6) is 5.81. The molecule has 1 aromatic rings. The lowest BCUT2D eigenvalue weighted by molar-refractivity contribution is -0.0525. The lowest BCUT2D eigenvalue weighted by Crippen LogP contribution is -2.55. The first-order valence-corrected chi connectivity index (χ1v) is 7.72. The maximum atomic E-state index is 5.92. The summed E-state index contributed by atoms with van der Waals surface area (Å²) in [6, 6.07) is 4.48. The number of hydrazine groups is 1. The molecule has 1 saturated carbocycles. The minimum absolute atomic E-state index is 0.0881. The summed E-state index contributed by atoms with van der Waals surface area (Å²) < 4.78 is 5.92. The van der Waals surface area contributed by atoms with E-state index in [4.69, 9.17) is 10.6 Å². The molecule has 0 aliphatic heterocycles. The molecule has 1 heterocycles. The average molecular weight is 268 g/mol. The van der Waals surface area contributed by atoms with Crippen molar-refractivity contribution >= 4 is 11.3 Å². The first-order chi connectivity index (χ1) is 8.80. The largest absolute Gasteiger partial charge is 0.377 e. The van der Waals surface area contributed by atoms with Crippen molar-refractivity contribution in [3.63, 3.8) is 0 Å². The van der Waals surface area contributed by atoms with Crippen LogP contribution >= 0.6 is 11.3 Å². The second kappa shape index (κ2) is 6.66. The molecular weight excluding hydrogens is 244 g/mol. The Morgan fingerprint density at radius 3 is 2.61 bits per heavy atom. The van der Waals surface area contributed by atoms with Crippen molar-refractivity contribution < 1.29 is 4.74 Å². The van der Waals surface area contributed by atoms with Crippen LogP contribution < -0.4 is 11.3 Å². The van der Waals surface area contributed by atoms with Crippen molar-refractivity contribution in [3.8, 4) is 0 Å². The first-order valence-electron chi connectivity index (χ1n) is 6.84. The molecule has 3 nitrogen and oxygen atoms in total. The van der Waals surface area contributed by atoms with Gasteiger partial charge in [0.1, 0.15) is 0 Å². The second-order valence-corrected chi connectivity index (χ2v) is 6.22. The van der Waals surface area contributed by atoms with Gasteiger partial charge in [0.2, 0.25) is 0 Å². The summed E-state index contributed by atoms with van der Waals surface area (Å²) in [6.07, 6.45) is 8.32. The fourth-order valence-corrected chi connectivity index (χ4v) is 3.80. The van der Waals surface area contributed by atoms with Gasteiger partial charge in [-0.25, -0.2) is 0 Å². The van der Waals surface area contributed by atoms with Gasteiger partial charge in [-0.3, -0.25) is 11.3 Å². The predicted molar refractivity (Wildman–Crippen MR) is 76.6 cm³/mol. The van der Waals surface area contributed by atoms with E-state index in [0.717, 1.165) is 19.3 Å². The van der Waals surface area contributed by atoms with Gasteiger partial charge in [0, 0.05) is 18.4 Å². The fraction of sp³-hybridized carbons (Fsp3) is 0.714. The lowest BCUT2D eigenvalue weighted by Gasteiger charge is -2.38. The average Bonchev–Trinajstić information content (AvgIpc) is 2.79. The molecule has 0 aromatic carbocycles. The van der Waals surface area contributed by atoms with Crippen LogP contribution in [0.15, 0.2) is 17.5 Å². The molecule has 102 valence electrons. The highest BCUT2D eigenvalue weighted by Gasteiger charge is 2.38. The molecule has 1 unspecified atom stereocenters. The molecule has 0 bridgehead atoms. The van der Waals surface area contributed by atoms with Crippen molar-refractivity contribution in [3.05, 3.63) is 22.4 Å². The number of nitrogens with one attached hydrogen (secondary N) is 1. The monoisotopic (exact) mass is 268 g/mol. The number of rotatable bonds is 5. The maximum absolute atomic E-state index is 5.92. The molecule has 0 spiro atoms. The Kier molecular flexibility index (Phi) is 5.18. The number of nitrogens with two attached hydrogens (primary N) is 1. The molecule has 2 rings (SSSR count). The molecule has 1 aromatic heterocycles. The fourth-order valence-electron chi connectivity index (χ4n) is 3.05. The summed E-state index contributed by atoms with van der Waals surface area (Å²) in [5, 5.41) is 2.12. The van der Waals surface area contributed by atoms with Gasteiger partial charge in [0.15, 0.2) is 0 Å². The summed E-state index contributed by atoms with van der Waals surface area (Å²) in [4.78, 5) is 1.37. The van der Waals surface area contributed by atoms with E-state index in [1.165, 1.54) is 30.6 Å². The Bertz CT molecular complexity index is 332. The number of hydrogen-bond donors (Lipinski definition) is 2. The first kappa shape index (κ1) is 14.0. The van der Waals surface area contributed by atoms with E-state index in [1.807, 2.05) is 7.11 Å². The van der Waals surface area contributed by atoms with Crippen LogP contribution in [0, 0.1) is 0 Å². The van der Waals surface area contributed by atoms with Crippen molar-refractivity contribution in [2.24, 2.45) is 5.84 Å². The molecule has 1 fully saturated rings. The molecule has 18 heavy (non-hydrogen) atoms. The molecule has 1 atom stereocenters. The summed E-state index contributed by atoms with van der Waals surface area (Å²) in [5.41, 5.74) is 2.92. The van der Waals surface area contributed by atoms with Crippen LogP contribution in [0.5, 0.6) is 0 Å². The zero-order valence-corrected chi connectivity index (χ0v) is 12.0. The molecule has 0 amide bonds. The van der Waals surface area contributed by atoms with Gasteiger partial charge in [-0.2, -0.15) is 0 Å². The Morgan fingerprint density at radius 1 is 1.39 bits per heavy atom. The normalized spacial score (nSPS) is 21.4. The van der Waals surface area contributed by atoms with E-state index >= 15 is 0 Å². The third kappa shape index (κ3) is 3.12. The molecule has 4 heteroatoms. The molecule has 1 aliphatic rings. The van der Waals surface area contributed by atoms with E-state index in [9.17, 15) is 0 Å². The molecule has 0 saturated heterocycles. The number of ether oxygens (including phenoxy) is 1. The van der Waals surface area contributed by atoms with Crippen LogP contribution in [0.25, 0.3) is 0 Å². The van der Waals surface area contributed by atoms with Gasteiger partial charge in [-0.05, 0) is 24.3 Å². The zero-order chi connectivity index (χ0) is 12.8. The van der Waals surface area contributed by atoms with Crippen LogP contribution in [-0.4, -0.2) is 18.8 Å². The minimum atomic E-state index is -0.0881. The molecule has 3 N–H and O–H groups in total. The summed E-state index contributed by atoms with van der Waals surface area (Å²) in [7, 11) is 1.84. The van der Waals surface area contributed by atoms with E-state index in [2.05, 4.69) is 22.9 Å². The number of thiophene rings is 1. The highest BCUT2D eigenvalue weighted by molar-refractivity contribution is 7.09. The Labute approximate surface area is 114 Å². The second-order valence-electron chi connectivity index (χ2n) is 5.19. The van der Waals surface area contributed by atoms with Crippen LogP contribution in [-0.2, 0) is 11.2 Å². The Balaban J connectivity index is 2.11. The van der Waals surface area contributed by atoms with Crippen molar-refractivity contribution in [1.29, 1.82) is 0 Å². The lowest BCUT2D eigenvalue weighted by atomic mass is 9.84. The third-order valence-corrected chi connectivity index (χ3v) is 5.08. The van der Waals surface area contributed by atoms with Crippen LogP contribution in [0.2, 0.25) is 0 Å². The van der Waals surface area contributed by atoms with Gasteiger partial charge >= 0.3 is 0 Å². The molecular formula is C14H24N2OS. The van der Waals surface area contributed by atoms with E-state index < -0.39 is 0 Å². The minimum Gasteiger partial charge on any atom is -0.377 e. The van der Waals surface area contributed by atoms with E-state index in [1.54, 1.807) is 11.3 Å². The van der Waals surface area contributed by atoms with Gasteiger partial charge in [-0.15, -0.1) is 11.3 Å². The zero-order valence-electron chi connectivity index (χ0n) is 11.2. The Hall–Kier alpha value is -0.420. The third-order valence-electron chi connectivity index (χ3n) is 4.18. The SMILES string of the molecule is COC1(C(Cc2cccs2)NN)CCCCCC1. The van der Waals surface area contributed by atoms with E-state index in [0.29, 0.717) is 0 Å². The van der Waals surface area contributed by atoms with Gasteiger partial charge < -0.3 is 4.74 Å². The van der Waals surface area contributed by atoms with Crippen LogP contribution in [0.1, 0.15) is 43.4 Å². The smallest absolute Gasteiger partial charge is 0.0847 e.